The van der Waals surface area contributed by atoms with Gasteiger partial charge in [-0.15, -0.1) is 0 Å². The Balaban J connectivity index is 2.43. The van der Waals surface area contributed by atoms with Gasteiger partial charge in [0.2, 0.25) is 0 Å². The third kappa shape index (κ3) is 5.50. The minimum Gasteiger partial charge on any atom is -0.479 e. The van der Waals surface area contributed by atoms with E-state index >= 15 is 0 Å². The highest BCUT2D eigenvalue weighted by atomic mass is 16.5. The summed E-state index contributed by atoms with van der Waals surface area (Å²) in [6.07, 6.45) is 2.86. The topological polar surface area (TPSA) is 49.8 Å². The van der Waals surface area contributed by atoms with Crippen molar-refractivity contribution in [2.75, 3.05) is 19.7 Å². The van der Waals surface area contributed by atoms with Crippen molar-refractivity contribution in [3.63, 3.8) is 0 Å². The molecule has 1 saturated carbocycles. The first-order valence-electron chi connectivity index (χ1n) is 6.63. The number of carboxylic acids is 1. The third-order valence-electron chi connectivity index (χ3n) is 3.10. The lowest BCUT2D eigenvalue weighted by Crippen LogP contribution is -2.40. The predicted octanol–water partition coefficient (Wildman–Crippen LogP) is 1.99. The number of aliphatic carboxylic acids is 1. The standard InChI is InChI=1S/C13H25NO3/c1-4-17-12(13(15)16)9-14(11-5-6-11)8-7-10(2)3/h10-12H,4-9H2,1-3H3,(H,15,16). The molecule has 1 aliphatic carbocycles. The van der Waals surface area contributed by atoms with E-state index < -0.39 is 12.1 Å². The van der Waals surface area contributed by atoms with Gasteiger partial charge in [0.25, 0.3) is 0 Å². The van der Waals surface area contributed by atoms with Gasteiger partial charge in [-0.1, -0.05) is 13.8 Å². The summed E-state index contributed by atoms with van der Waals surface area (Å²) in [7, 11) is 0. The summed E-state index contributed by atoms with van der Waals surface area (Å²) in [4.78, 5) is 13.3. The van der Waals surface area contributed by atoms with Gasteiger partial charge in [0.05, 0.1) is 0 Å². The zero-order valence-corrected chi connectivity index (χ0v) is 11.2. The lowest BCUT2D eigenvalue weighted by atomic mass is 10.1. The van der Waals surface area contributed by atoms with Gasteiger partial charge in [-0.25, -0.2) is 4.79 Å². The van der Waals surface area contributed by atoms with Crippen molar-refractivity contribution in [3.05, 3.63) is 0 Å². The van der Waals surface area contributed by atoms with E-state index in [1.54, 1.807) is 0 Å². The molecular formula is C13H25NO3. The van der Waals surface area contributed by atoms with Crippen LogP contribution in [0.25, 0.3) is 0 Å². The van der Waals surface area contributed by atoms with E-state index in [0.29, 0.717) is 25.1 Å². The van der Waals surface area contributed by atoms with Crippen LogP contribution in [-0.4, -0.2) is 47.8 Å². The molecule has 100 valence electrons. The molecule has 4 nitrogen and oxygen atoms in total. The van der Waals surface area contributed by atoms with Crippen LogP contribution < -0.4 is 0 Å². The lowest BCUT2D eigenvalue weighted by Gasteiger charge is -2.26. The first-order valence-corrected chi connectivity index (χ1v) is 6.63. The van der Waals surface area contributed by atoms with Crippen molar-refractivity contribution in [2.24, 2.45) is 5.92 Å². The molecule has 0 aliphatic heterocycles. The van der Waals surface area contributed by atoms with Crippen molar-refractivity contribution in [1.82, 2.24) is 4.90 Å². The highest BCUT2D eigenvalue weighted by molar-refractivity contribution is 5.72. The zero-order chi connectivity index (χ0) is 12.8. The van der Waals surface area contributed by atoms with Gasteiger partial charge in [0, 0.05) is 19.2 Å². The average Bonchev–Trinajstić information content (AvgIpc) is 3.05. The van der Waals surface area contributed by atoms with E-state index in [2.05, 4.69) is 18.7 Å². The van der Waals surface area contributed by atoms with Gasteiger partial charge in [0.1, 0.15) is 0 Å². The normalized spacial score (nSPS) is 17.7. The fourth-order valence-electron chi connectivity index (χ4n) is 1.90. The van der Waals surface area contributed by atoms with Gasteiger partial charge in [-0.2, -0.15) is 0 Å². The fraction of sp³-hybridized carbons (Fsp3) is 0.923. The quantitative estimate of drug-likeness (QED) is 0.673. The van der Waals surface area contributed by atoms with Crippen LogP contribution in [0.15, 0.2) is 0 Å². The summed E-state index contributed by atoms with van der Waals surface area (Å²) in [5, 5.41) is 9.08. The SMILES string of the molecule is CCOC(CN(CCC(C)C)C1CC1)C(=O)O. The van der Waals surface area contributed by atoms with E-state index in [1.165, 1.54) is 12.8 Å². The van der Waals surface area contributed by atoms with Crippen LogP contribution in [0.3, 0.4) is 0 Å². The van der Waals surface area contributed by atoms with Gasteiger partial charge in [-0.3, -0.25) is 4.90 Å². The first-order chi connectivity index (χ1) is 8.04. The number of ether oxygens (including phenoxy) is 1. The van der Waals surface area contributed by atoms with Gasteiger partial charge in [0.15, 0.2) is 6.10 Å². The summed E-state index contributed by atoms with van der Waals surface area (Å²) in [6, 6.07) is 0.594. The molecular weight excluding hydrogens is 218 g/mol. The number of hydrogen-bond acceptors (Lipinski definition) is 3. The molecule has 4 heteroatoms. The third-order valence-corrected chi connectivity index (χ3v) is 3.10. The largest absolute Gasteiger partial charge is 0.479 e. The summed E-state index contributed by atoms with van der Waals surface area (Å²) >= 11 is 0. The average molecular weight is 243 g/mol. The van der Waals surface area contributed by atoms with Crippen LogP contribution in [0.4, 0.5) is 0 Å². The van der Waals surface area contributed by atoms with E-state index in [9.17, 15) is 4.79 Å². The van der Waals surface area contributed by atoms with E-state index in [4.69, 9.17) is 9.84 Å². The second kappa shape index (κ2) is 6.97. The van der Waals surface area contributed by atoms with E-state index in [-0.39, 0.29) is 0 Å². The molecule has 0 amide bonds. The predicted molar refractivity (Wildman–Crippen MR) is 67.1 cm³/mol. The monoisotopic (exact) mass is 243 g/mol. The summed E-state index contributed by atoms with van der Waals surface area (Å²) in [6.45, 7) is 8.20. The molecule has 17 heavy (non-hydrogen) atoms. The molecule has 0 radical (unpaired) electrons. The minimum absolute atomic E-state index is 0.458. The van der Waals surface area contributed by atoms with Crippen LogP contribution in [0.2, 0.25) is 0 Å². The van der Waals surface area contributed by atoms with Crippen molar-refractivity contribution in [1.29, 1.82) is 0 Å². The summed E-state index contributed by atoms with van der Waals surface area (Å²) in [5.41, 5.74) is 0. The maximum atomic E-state index is 11.1. The Kier molecular flexibility index (Phi) is 5.92. The van der Waals surface area contributed by atoms with Gasteiger partial charge < -0.3 is 9.84 Å². The smallest absolute Gasteiger partial charge is 0.334 e. The Morgan fingerprint density at radius 3 is 2.53 bits per heavy atom. The maximum absolute atomic E-state index is 11.1. The molecule has 1 unspecified atom stereocenters. The fourth-order valence-corrected chi connectivity index (χ4v) is 1.90. The number of nitrogens with zero attached hydrogens (tertiary/aromatic N) is 1. The van der Waals surface area contributed by atoms with Gasteiger partial charge in [-0.05, 0) is 38.6 Å². The minimum atomic E-state index is -0.845. The Hall–Kier alpha value is -0.610. The van der Waals surface area contributed by atoms with Crippen molar-refractivity contribution in [3.8, 4) is 0 Å². The molecule has 0 heterocycles. The highest BCUT2D eigenvalue weighted by Gasteiger charge is 2.32. The summed E-state index contributed by atoms with van der Waals surface area (Å²) in [5.74, 6) is -0.186. The van der Waals surface area contributed by atoms with Crippen LogP contribution in [0, 0.1) is 5.92 Å². The molecule has 0 spiro atoms. The second-order valence-corrected chi connectivity index (χ2v) is 5.19. The highest BCUT2D eigenvalue weighted by Crippen LogP contribution is 2.27. The van der Waals surface area contributed by atoms with Crippen LogP contribution in [-0.2, 0) is 9.53 Å². The first kappa shape index (κ1) is 14.5. The molecule has 1 N–H and O–H groups in total. The van der Waals surface area contributed by atoms with Crippen LogP contribution >= 0.6 is 0 Å². The maximum Gasteiger partial charge on any atom is 0.334 e. The zero-order valence-electron chi connectivity index (χ0n) is 11.2. The molecule has 0 aromatic rings. The number of hydrogen-bond donors (Lipinski definition) is 1. The molecule has 1 atom stereocenters. The molecule has 0 bridgehead atoms. The van der Waals surface area contributed by atoms with E-state index in [0.717, 1.165) is 13.0 Å². The molecule has 0 saturated heterocycles. The molecule has 0 aromatic heterocycles. The van der Waals surface area contributed by atoms with E-state index in [1.807, 2.05) is 6.92 Å². The molecule has 1 aliphatic rings. The number of carboxylic acid groups (broad SMARTS) is 1. The van der Waals surface area contributed by atoms with Crippen LogP contribution in [0.1, 0.15) is 40.0 Å². The van der Waals surface area contributed by atoms with Gasteiger partial charge >= 0.3 is 5.97 Å². The molecule has 1 fully saturated rings. The van der Waals surface area contributed by atoms with Crippen molar-refractivity contribution in [2.45, 2.75) is 52.2 Å². The van der Waals surface area contributed by atoms with Crippen LogP contribution in [0.5, 0.6) is 0 Å². The lowest BCUT2D eigenvalue weighted by molar-refractivity contribution is -0.151. The molecule has 1 rings (SSSR count). The van der Waals surface area contributed by atoms with Crippen molar-refractivity contribution < 1.29 is 14.6 Å². The second-order valence-electron chi connectivity index (χ2n) is 5.19. The Morgan fingerprint density at radius 2 is 2.12 bits per heavy atom. The Bertz CT molecular complexity index is 239. The Labute approximate surface area is 104 Å². The van der Waals surface area contributed by atoms with Crippen molar-refractivity contribution >= 4 is 5.97 Å². The Morgan fingerprint density at radius 1 is 1.47 bits per heavy atom. The number of carbonyl (C=O) groups is 1. The molecule has 0 aromatic carbocycles. The summed E-state index contributed by atoms with van der Waals surface area (Å²) < 4.78 is 5.28. The number of rotatable bonds is 9.